The third kappa shape index (κ3) is 4.35. The second kappa shape index (κ2) is 9.41. The summed E-state index contributed by atoms with van der Waals surface area (Å²) in [6, 6.07) is -0.731. The Labute approximate surface area is 197 Å². The zero-order valence-corrected chi connectivity index (χ0v) is 19.0. The molecule has 1 aliphatic carbocycles. The van der Waals surface area contributed by atoms with Crippen LogP contribution in [0.15, 0.2) is 36.1 Å². The van der Waals surface area contributed by atoms with Gasteiger partial charge in [-0.3, -0.25) is 9.59 Å². The molecule has 5 rings (SSSR count). The molecule has 2 aromatic heterocycles. The number of nitrogens with zero attached hydrogens (tertiary/aromatic N) is 5. The predicted octanol–water partition coefficient (Wildman–Crippen LogP) is 0.604. The number of piperidine rings is 1. The lowest BCUT2D eigenvalue weighted by Crippen LogP contribution is -2.49. The summed E-state index contributed by atoms with van der Waals surface area (Å²) in [7, 11) is 0. The first kappa shape index (κ1) is 22.3. The quantitative estimate of drug-likeness (QED) is 0.536. The summed E-state index contributed by atoms with van der Waals surface area (Å²) in [5.74, 6) is 1.21. The van der Waals surface area contributed by atoms with Crippen LogP contribution in [-0.2, 0) is 14.3 Å². The average molecular weight is 467 g/mol. The van der Waals surface area contributed by atoms with E-state index in [9.17, 15) is 9.59 Å². The number of nitrogens with two attached hydrogens (primary N) is 2. The van der Waals surface area contributed by atoms with Crippen LogP contribution < -0.4 is 16.4 Å². The van der Waals surface area contributed by atoms with E-state index in [1.54, 1.807) is 17.6 Å². The molecular formula is C23H30N8O3. The van der Waals surface area contributed by atoms with E-state index in [-0.39, 0.29) is 18.4 Å². The van der Waals surface area contributed by atoms with Crippen molar-refractivity contribution >= 4 is 28.8 Å². The normalized spacial score (nSPS) is 23.3. The smallest absolute Gasteiger partial charge is 0.240 e. The van der Waals surface area contributed by atoms with Crippen LogP contribution in [0.1, 0.15) is 32.1 Å². The van der Waals surface area contributed by atoms with E-state index >= 15 is 0 Å². The van der Waals surface area contributed by atoms with E-state index in [2.05, 4.69) is 30.9 Å². The van der Waals surface area contributed by atoms with Crippen LogP contribution in [0.25, 0.3) is 11.2 Å². The van der Waals surface area contributed by atoms with Crippen molar-refractivity contribution in [3.05, 3.63) is 36.1 Å². The summed E-state index contributed by atoms with van der Waals surface area (Å²) in [6.45, 7) is 2.49. The highest BCUT2D eigenvalue weighted by Gasteiger charge is 2.34. The Balaban J connectivity index is 1.30. The molecule has 180 valence electrons. The fraction of sp³-hybridized carbons (Fsp3) is 0.522. The first-order valence-electron chi connectivity index (χ1n) is 11.8. The monoisotopic (exact) mass is 466 g/mol. The molecule has 0 spiro atoms. The number of hydrogen-bond acceptors (Lipinski definition) is 8. The number of ether oxygens (including phenoxy) is 1. The molecule has 2 saturated heterocycles. The zero-order valence-electron chi connectivity index (χ0n) is 19.0. The Morgan fingerprint density at radius 2 is 2.12 bits per heavy atom. The van der Waals surface area contributed by atoms with Gasteiger partial charge in [-0.1, -0.05) is 6.08 Å². The lowest BCUT2D eigenvalue weighted by atomic mass is 9.84. The van der Waals surface area contributed by atoms with Gasteiger partial charge in [0.25, 0.3) is 0 Å². The van der Waals surface area contributed by atoms with Crippen LogP contribution in [0, 0.1) is 5.92 Å². The number of allylic oxidation sites excluding steroid dienone is 2. The molecule has 2 amide bonds. The topological polar surface area (TPSA) is 156 Å². The molecule has 2 fully saturated rings. The molecule has 3 aliphatic rings. The summed E-state index contributed by atoms with van der Waals surface area (Å²) < 4.78 is 6.37. The Hall–Kier alpha value is -3.47. The number of anilines is 1. The summed E-state index contributed by atoms with van der Waals surface area (Å²) in [6.07, 6.45) is 11.0. The zero-order chi connectivity index (χ0) is 23.7. The molecule has 11 heteroatoms. The van der Waals surface area contributed by atoms with Crippen LogP contribution in [0.3, 0.4) is 0 Å². The van der Waals surface area contributed by atoms with E-state index in [0.29, 0.717) is 31.3 Å². The van der Waals surface area contributed by atoms with E-state index in [0.717, 1.165) is 54.9 Å². The van der Waals surface area contributed by atoms with Gasteiger partial charge in [0.05, 0.1) is 24.8 Å². The standard InChI is InChI=1S/C23H30N8O3/c24-17(9-19(25)32)23(33)30-8-6-14-3-1-5-18(16(14)10-30)34-11-15-4-2-7-31(15)22-20-21(27-12-26-20)28-13-29-22/h1,5,12-15,17H,2-4,6-11,24H2,(H2,25,32)(H,26,27,28,29). The Morgan fingerprint density at radius 1 is 1.24 bits per heavy atom. The molecule has 2 aliphatic heterocycles. The van der Waals surface area contributed by atoms with Gasteiger partial charge in [-0.05, 0) is 43.3 Å². The van der Waals surface area contributed by atoms with Gasteiger partial charge in [0.2, 0.25) is 11.8 Å². The van der Waals surface area contributed by atoms with E-state index in [1.807, 2.05) is 6.08 Å². The number of aromatic nitrogens is 4. The van der Waals surface area contributed by atoms with Crippen molar-refractivity contribution in [1.82, 2.24) is 24.8 Å². The molecular weight excluding hydrogens is 436 g/mol. The molecule has 0 bridgehead atoms. The van der Waals surface area contributed by atoms with Gasteiger partial charge in [0.15, 0.2) is 11.5 Å². The van der Waals surface area contributed by atoms with Crippen LogP contribution in [0.5, 0.6) is 0 Å². The van der Waals surface area contributed by atoms with Crippen molar-refractivity contribution in [1.29, 1.82) is 0 Å². The SMILES string of the molecule is NC(=O)CC(N)C(=O)N1CCC2CC=CC(OCC3CCCN3c3ncnc4nc[nH]c34)=C2C1. The number of rotatable bonds is 7. The fourth-order valence-electron chi connectivity index (χ4n) is 5.20. The van der Waals surface area contributed by atoms with Gasteiger partial charge in [-0.15, -0.1) is 0 Å². The minimum Gasteiger partial charge on any atom is -0.491 e. The predicted molar refractivity (Wildman–Crippen MR) is 125 cm³/mol. The Morgan fingerprint density at radius 3 is 2.97 bits per heavy atom. The third-order valence-electron chi connectivity index (χ3n) is 6.94. The summed E-state index contributed by atoms with van der Waals surface area (Å²) >= 11 is 0. The maximum Gasteiger partial charge on any atom is 0.240 e. The van der Waals surface area contributed by atoms with Crippen molar-refractivity contribution in [2.24, 2.45) is 17.4 Å². The molecule has 34 heavy (non-hydrogen) atoms. The average Bonchev–Trinajstić information content (AvgIpc) is 3.50. The number of amides is 2. The molecule has 0 aromatic carbocycles. The van der Waals surface area contributed by atoms with Gasteiger partial charge in [-0.25, -0.2) is 15.0 Å². The molecule has 0 radical (unpaired) electrons. The van der Waals surface area contributed by atoms with Gasteiger partial charge in [0, 0.05) is 19.6 Å². The number of primary amides is 1. The number of likely N-dealkylation sites (tertiary alicyclic amines) is 1. The van der Waals surface area contributed by atoms with Crippen molar-refractivity contribution in [2.45, 2.75) is 44.2 Å². The number of carbonyl (C=O) groups excluding carboxylic acids is 2. The van der Waals surface area contributed by atoms with E-state index < -0.39 is 11.9 Å². The van der Waals surface area contributed by atoms with Gasteiger partial charge in [0.1, 0.15) is 24.2 Å². The first-order valence-corrected chi connectivity index (χ1v) is 11.8. The fourth-order valence-corrected chi connectivity index (χ4v) is 5.20. The van der Waals surface area contributed by atoms with Gasteiger partial charge < -0.3 is 31.0 Å². The van der Waals surface area contributed by atoms with Gasteiger partial charge in [-0.2, -0.15) is 0 Å². The van der Waals surface area contributed by atoms with Gasteiger partial charge >= 0.3 is 0 Å². The summed E-state index contributed by atoms with van der Waals surface area (Å²) in [4.78, 5) is 44.0. The van der Waals surface area contributed by atoms with Crippen LogP contribution in [0.4, 0.5) is 5.82 Å². The Kier molecular flexibility index (Phi) is 6.18. The Bertz CT molecular complexity index is 1140. The molecule has 3 unspecified atom stereocenters. The van der Waals surface area contributed by atoms with Crippen molar-refractivity contribution < 1.29 is 14.3 Å². The molecule has 3 atom stereocenters. The molecule has 5 N–H and O–H groups in total. The lowest BCUT2D eigenvalue weighted by molar-refractivity contribution is -0.135. The first-order chi connectivity index (χ1) is 16.5. The summed E-state index contributed by atoms with van der Waals surface area (Å²) in [5.41, 5.74) is 13.8. The minimum absolute atomic E-state index is 0.148. The second-order valence-electron chi connectivity index (χ2n) is 9.15. The third-order valence-corrected chi connectivity index (χ3v) is 6.94. The number of hydrogen-bond donors (Lipinski definition) is 3. The summed E-state index contributed by atoms with van der Waals surface area (Å²) in [5, 5.41) is 0. The maximum absolute atomic E-state index is 12.8. The lowest BCUT2D eigenvalue weighted by Gasteiger charge is -2.37. The molecule has 11 nitrogen and oxygen atoms in total. The number of carbonyl (C=O) groups is 2. The maximum atomic E-state index is 12.8. The van der Waals surface area contributed by atoms with E-state index in [1.165, 1.54) is 0 Å². The molecule has 2 aromatic rings. The van der Waals surface area contributed by atoms with Crippen LogP contribution >= 0.6 is 0 Å². The largest absolute Gasteiger partial charge is 0.491 e. The van der Waals surface area contributed by atoms with Crippen molar-refractivity contribution in [3.63, 3.8) is 0 Å². The van der Waals surface area contributed by atoms with Crippen molar-refractivity contribution in [3.8, 4) is 0 Å². The number of nitrogens with one attached hydrogen (secondary N) is 1. The highest BCUT2D eigenvalue weighted by Crippen LogP contribution is 2.34. The van der Waals surface area contributed by atoms with Crippen LogP contribution in [0.2, 0.25) is 0 Å². The highest BCUT2D eigenvalue weighted by atomic mass is 16.5. The van der Waals surface area contributed by atoms with Crippen molar-refractivity contribution in [2.75, 3.05) is 31.1 Å². The number of aromatic amines is 1. The van der Waals surface area contributed by atoms with E-state index in [4.69, 9.17) is 16.2 Å². The highest BCUT2D eigenvalue weighted by molar-refractivity contribution is 5.88. The second-order valence-corrected chi connectivity index (χ2v) is 9.15. The van der Waals surface area contributed by atoms with Crippen LogP contribution in [-0.4, -0.2) is 75.0 Å². The number of fused-ring (bicyclic) bond motifs is 2. The molecule has 0 saturated carbocycles. The molecule has 4 heterocycles. The minimum atomic E-state index is -0.905. The number of imidazole rings is 1. The number of H-pyrrole nitrogens is 1.